The van der Waals surface area contributed by atoms with Gasteiger partial charge in [-0.2, -0.15) is 0 Å². The fourth-order valence-corrected chi connectivity index (χ4v) is 2.17. The Hall–Kier alpha value is -0.870. The third kappa shape index (κ3) is 1.68. The molecule has 78 valence electrons. The van der Waals surface area contributed by atoms with Gasteiger partial charge in [0.2, 0.25) is 0 Å². The van der Waals surface area contributed by atoms with E-state index >= 15 is 0 Å². The summed E-state index contributed by atoms with van der Waals surface area (Å²) in [6.45, 7) is 0.980. The van der Waals surface area contributed by atoms with Crippen molar-refractivity contribution in [1.29, 1.82) is 0 Å². The molecule has 2 heterocycles. The highest BCUT2D eigenvalue weighted by Gasteiger charge is 2.23. The minimum atomic E-state index is 0.636. The third-order valence-electron chi connectivity index (χ3n) is 2.71. The van der Waals surface area contributed by atoms with E-state index < -0.39 is 0 Å². The molecule has 3 rings (SSSR count). The van der Waals surface area contributed by atoms with E-state index in [4.69, 9.17) is 23.8 Å². The molecule has 0 aliphatic heterocycles. The first-order valence-corrected chi connectivity index (χ1v) is 5.77. The Labute approximate surface area is 97.1 Å². The summed E-state index contributed by atoms with van der Waals surface area (Å²) >= 11 is 11.1. The van der Waals surface area contributed by atoms with Crippen molar-refractivity contribution in [1.82, 2.24) is 14.5 Å². The Morgan fingerprint density at radius 3 is 3.13 bits per heavy atom. The van der Waals surface area contributed by atoms with Crippen LogP contribution in [0, 0.1) is 10.7 Å². The lowest BCUT2D eigenvalue weighted by molar-refractivity contribution is 0.631. The molecule has 0 amide bonds. The Bertz CT molecular complexity index is 568. The smallest absolute Gasteiger partial charge is 0.179 e. The average Bonchev–Trinajstić information content (AvgIpc) is 2.93. The van der Waals surface area contributed by atoms with Gasteiger partial charge in [0.25, 0.3) is 0 Å². The molecule has 5 heteroatoms. The molecule has 0 bridgehead atoms. The summed E-state index contributed by atoms with van der Waals surface area (Å²) in [5, 5.41) is 0.636. The van der Waals surface area contributed by atoms with Crippen LogP contribution in [-0.4, -0.2) is 14.5 Å². The summed E-state index contributed by atoms with van der Waals surface area (Å²) in [5.41, 5.74) is 1.84. The fourth-order valence-electron chi connectivity index (χ4n) is 1.75. The molecule has 1 aliphatic carbocycles. The summed E-state index contributed by atoms with van der Waals surface area (Å²) in [4.78, 5) is 7.45. The lowest BCUT2D eigenvalue weighted by Crippen LogP contribution is -2.00. The zero-order valence-electron chi connectivity index (χ0n) is 8.03. The van der Waals surface area contributed by atoms with Crippen molar-refractivity contribution in [2.45, 2.75) is 19.4 Å². The van der Waals surface area contributed by atoms with Gasteiger partial charge in [0.05, 0.1) is 10.5 Å². The number of hydrogen-bond donors (Lipinski definition) is 1. The fraction of sp³-hybridized carbons (Fsp3) is 0.400. The first kappa shape index (κ1) is 9.36. The molecule has 0 saturated heterocycles. The van der Waals surface area contributed by atoms with Crippen LogP contribution in [0.4, 0.5) is 0 Å². The van der Waals surface area contributed by atoms with Gasteiger partial charge >= 0.3 is 0 Å². The van der Waals surface area contributed by atoms with Gasteiger partial charge in [-0.25, -0.2) is 4.98 Å². The van der Waals surface area contributed by atoms with Crippen LogP contribution in [0.1, 0.15) is 12.8 Å². The number of rotatable bonds is 2. The first-order valence-electron chi connectivity index (χ1n) is 4.98. The lowest BCUT2D eigenvalue weighted by atomic mass is 10.4. The third-order valence-corrected chi connectivity index (χ3v) is 3.24. The molecule has 2 aromatic rings. The SMILES string of the molecule is S=c1[nH]c2cc(Cl)cnc2n1CC1CC1. The van der Waals surface area contributed by atoms with Crippen molar-refractivity contribution in [3.8, 4) is 0 Å². The first-order chi connectivity index (χ1) is 7.24. The summed E-state index contributed by atoms with van der Waals surface area (Å²) < 4.78 is 2.81. The second kappa shape index (κ2) is 3.32. The lowest BCUT2D eigenvalue weighted by Gasteiger charge is -2.00. The number of H-pyrrole nitrogens is 1. The second-order valence-corrected chi connectivity index (χ2v) is 4.83. The van der Waals surface area contributed by atoms with E-state index in [0.29, 0.717) is 5.02 Å². The Morgan fingerprint density at radius 2 is 2.40 bits per heavy atom. The highest BCUT2D eigenvalue weighted by atomic mass is 35.5. The Kier molecular flexibility index (Phi) is 2.07. The summed E-state index contributed by atoms with van der Waals surface area (Å²) in [7, 11) is 0. The molecule has 0 aromatic carbocycles. The van der Waals surface area contributed by atoms with Crippen LogP contribution >= 0.6 is 23.8 Å². The van der Waals surface area contributed by atoms with Crippen molar-refractivity contribution in [2.75, 3.05) is 0 Å². The molecule has 1 fully saturated rings. The van der Waals surface area contributed by atoms with Crippen LogP contribution in [0.5, 0.6) is 0 Å². The topological polar surface area (TPSA) is 33.6 Å². The number of halogens is 1. The van der Waals surface area contributed by atoms with E-state index in [1.807, 2.05) is 6.07 Å². The minimum Gasteiger partial charge on any atom is -0.329 e. The van der Waals surface area contributed by atoms with Crippen LogP contribution in [0.2, 0.25) is 5.02 Å². The standard InChI is InChI=1S/C10H10ClN3S/c11-7-3-8-9(12-4-7)14(10(15)13-8)5-6-1-2-6/h3-4,6H,1-2,5H2,(H,13,15). The van der Waals surface area contributed by atoms with Crippen LogP contribution in [0.25, 0.3) is 11.2 Å². The van der Waals surface area contributed by atoms with Crippen LogP contribution < -0.4 is 0 Å². The largest absolute Gasteiger partial charge is 0.329 e. The van der Waals surface area contributed by atoms with E-state index in [1.165, 1.54) is 12.8 Å². The van der Waals surface area contributed by atoms with Gasteiger partial charge in [-0.15, -0.1) is 0 Å². The quantitative estimate of drug-likeness (QED) is 0.817. The van der Waals surface area contributed by atoms with E-state index in [2.05, 4.69) is 14.5 Å². The molecule has 1 N–H and O–H groups in total. The van der Waals surface area contributed by atoms with E-state index in [-0.39, 0.29) is 0 Å². The molecular weight excluding hydrogens is 230 g/mol. The minimum absolute atomic E-state index is 0.636. The zero-order chi connectivity index (χ0) is 10.4. The maximum Gasteiger partial charge on any atom is 0.179 e. The van der Waals surface area contributed by atoms with Gasteiger partial charge in [0.1, 0.15) is 0 Å². The summed E-state index contributed by atoms with van der Waals surface area (Å²) in [5.74, 6) is 0.785. The molecule has 0 spiro atoms. The highest BCUT2D eigenvalue weighted by Crippen LogP contribution is 2.31. The summed E-state index contributed by atoms with van der Waals surface area (Å²) in [6.07, 6.45) is 4.28. The average molecular weight is 240 g/mol. The second-order valence-electron chi connectivity index (χ2n) is 4.01. The summed E-state index contributed by atoms with van der Waals surface area (Å²) in [6, 6.07) is 1.86. The van der Waals surface area contributed by atoms with Crippen molar-refractivity contribution < 1.29 is 0 Å². The zero-order valence-corrected chi connectivity index (χ0v) is 9.61. The van der Waals surface area contributed by atoms with Gasteiger partial charge in [-0.3, -0.25) is 0 Å². The predicted molar refractivity (Wildman–Crippen MR) is 62.7 cm³/mol. The number of pyridine rings is 1. The number of nitrogens with one attached hydrogen (secondary N) is 1. The molecule has 1 aliphatic rings. The van der Waals surface area contributed by atoms with Crippen molar-refractivity contribution in [3.05, 3.63) is 22.1 Å². The molecular formula is C10H10ClN3S. The van der Waals surface area contributed by atoms with E-state index in [0.717, 1.165) is 28.4 Å². The molecule has 2 aromatic heterocycles. The number of aromatic amines is 1. The van der Waals surface area contributed by atoms with Crippen molar-refractivity contribution in [3.63, 3.8) is 0 Å². The predicted octanol–water partition coefficient (Wildman–Crippen LogP) is 3.16. The monoisotopic (exact) mass is 239 g/mol. The number of fused-ring (bicyclic) bond motifs is 1. The normalized spacial score (nSPS) is 16.1. The molecule has 0 atom stereocenters. The Balaban J connectivity index is 2.18. The van der Waals surface area contributed by atoms with Gasteiger partial charge in [0, 0.05) is 12.7 Å². The number of hydrogen-bond acceptors (Lipinski definition) is 2. The number of nitrogens with zero attached hydrogens (tertiary/aromatic N) is 2. The van der Waals surface area contributed by atoms with Gasteiger partial charge in [-0.1, -0.05) is 11.6 Å². The maximum absolute atomic E-state index is 5.87. The number of imidazole rings is 1. The molecule has 0 radical (unpaired) electrons. The van der Waals surface area contributed by atoms with Crippen LogP contribution in [-0.2, 0) is 6.54 Å². The Morgan fingerprint density at radius 1 is 1.60 bits per heavy atom. The van der Waals surface area contributed by atoms with E-state index in [9.17, 15) is 0 Å². The van der Waals surface area contributed by atoms with Crippen LogP contribution in [0.3, 0.4) is 0 Å². The van der Waals surface area contributed by atoms with Crippen LogP contribution in [0.15, 0.2) is 12.3 Å². The molecule has 0 unspecified atom stereocenters. The molecule has 1 saturated carbocycles. The highest BCUT2D eigenvalue weighted by molar-refractivity contribution is 7.71. The van der Waals surface area contributed by atoms with Gasteiger partial charge < -0.3 is 9.55 Å². The van der Waals surface area contributed by atoms with E-state index in [1.54, 1.807) is 6.20 Å². The van der Waals surface area contributed by atoms with Crippen molar-refractivity contribution >= 4 is 35.0 Å². The van der Waals surface area contributed by atoms with Gasteiger partial charge in [0.15, 0.2) is 10.4 Å². The maximum atomic E-state index is 5.87. The molecule has 15 heavy (non-hydrogen) atoms. The number of aromatic nitrogens is 3. The van der Waals surface area contributed by atoms with Gasteiger partial charge in [-0.05, 0) is 37.0 Å². The van der Waals surface area contributed by atoms with Crippen molar-refractivity contribution in [2.24, 2.45) is 5.92 Å². The molecule has 3 nitrogen and oxygen atoms in total.